The molecular weight excluding hydrogens is 225 g/mol. The number of hydrogen-bond acceptors (Lipinski definition) is 1. The maximum Gasteiger partial charge on any atom is 0.0595 e. The summed E-state index contributed by atoms with van der Waals surface area (Å²) in [6.45, 7) is 1.91. The first-order valence-electron chi connectivity index (χ1n) is 3.32. The van der Waals surface area contributed by atoms with Gasteiger partial charge in [0.1, 0.15) is 0 Å². The maximum atomic E-state index is 5.96. The summed E-state index contributed by atoms with van der Waals surface area (Å²) in [6.07, 6.45) is 0. The first kappa shape index (κ1) is 9.04. The fourth-order valence-corrected chi connectivity index (χ4v) is 1.55. The number of benzene rings is 1. The van der Waals surface area contributed by atoms with Crippen LogP contribution in [0.25, 0.3) is 0 Å². The molecule has 0 heterocycles. The van der Waals surface area contributed by atoms with Gasteiger partial charge in [0.15, 0.2) is 0 Å². The van der Waals surface area contributed by atoms with E-state index < -0.39 is 0 Å². The van der Waals surface area contributed by atoms with Crippen LogP contribution in [0.2, 0.25) is 5.02 Å². The summed E-state index contributed by atoms with van der Waals surface area (Å²) in [5.41, 5.74) is 6.65. The lowest BCUT2D eigenvalue weighted by molar-refractivity contribution is 0.818. The smallest absolute Gasteiger partial charge is 0.0595 e. The zero-order chi connectivity index (χ0) is 8.43. The van der Waals surface area contributed by atoms with E-state index in [1.165, 1.54) is 0 Å². The lowest BCUT2D eigenvalue weighted by Gasteiger charge is -2.08. The van der Waals surface area contributed by atoms with E-state index in [4.69, 9.17) is 17.3 Å². The van der Waals surface area contributed by atoms with Crippen molar-refractivity contribution in [2.24, 2.45) is 5.73 Å². The Bertz CT molecular complexity index is 260. The van der Waals surface area contributed by atoms with Gasteiger partial charge in [-0.15, -0.1) is 0 Å². The molecule has 0 spiro atoms. The Hall–Kier alpha value is -0.0500. The van der Waals surface area contributed by atoms with Crippen LogP contribution in [-0.2, 0) is 0 Å². The lowest BCUT2D eigenvalue weighted by atomic mass is 10.1. The Morgan fingerprint density at radius 3 is 2.64 bits per heavy atom. The molecule has 0 radical (unpaired) electrons. The van der Waals surface area contributed by atoms with Gasteiger partial charge in [0.25, 0.3) is 0 Å². The van der Waals surface area contributed by atoms with Crippen molar-refractivity contribution < 1.29 is 0 Å². The highest BCUT2D eigenvalue weighted by molar-refractivity contribution is 9.10. The minimum Gasteiger partial charge on any atom is -0.324 e. The summed E-state index contributed by atoms with van der Waals surface area (Å²) in [4.78, 5) is 0. The number of rotatable bonds is 1. The van der Waals surface area contributed by atoms with Crippen LogP contribution in [0.15, 0.2) is 22.7 Å². The SMILES string of the molecule is C[C@@H](N)c1cccc(Br)c1Cl. The van der Waals surface area contributed by atoms with Gasteiger partial charge < -0.3 is 5.73 Å². The van der Waals surface area contributed by atoms with Crippen LogP contribution in [0.3, 0.4) is 0 Å². The highest BCUT2D eigenvalue weighted by atomic mass is 79.9. The fourth-order valence-electron chi connectivity index (χ4n) is 0.872. The topological polar surface area (TPSA) is 26.0 Å². The molecule has 2 N–H and O–H groups in total. The first-order valence-corrected chi connectivity index (χ1v) is 4.49. The quantitative estimate of drug-likeness (QED) is 0.794. The van der Waals surface area contributed by atoms with Crippen molar-refractivity contribution >= 4 is 27.5 Å². The molecule has 0 aliphatic rings. The summed E-state index contributed by atoms with van der Waals surface area (Å²) in [5, 5.41) is 0.711. The molecule has 0 saturated heterocycles. The van der Waals surface area contributed by atoms with Gasteiger partial charge in [-0.2, -0.15) is 0 Å². The molecule has 0 fully saturated rings. The molecule has 1 rings (SSSR count). The molecule has 0 aliphatic heterocycles. The van der Waals surface area contributed by atoms with E-state index in [0.717, 1.165) is 10.0 Å². The van der Waals surface area contributed by atoms with Crippen molar-refractivity contribution in [2.75, 3.05) is 0 Å². The van der Waals surface area contributed by atoms with Crippen molar-refractivity contribution in [1.29, 1.82) is 0 Å². The Morgan fingerprint density at radius 1 is 1.55 bits per heavy atom. The summed E-state index contributed by atoms with van der Waals surface area (Å²) >= 11 is 9.29. The van der Waals surface area contributed by atoms with Gasteiger partial charge in [0.05, 0.1) is 5.02 Å². The number of nitrogens with two attached hydrogens (primary N) is 1. The minimum absolute atomic E-state index is 0.0139. The summed E-state index contributed by atoms with van der Waals surface area (Å²) in [6, 6.07) is 5.74. The standard InChI is InChI=1S/C8H9BrClN/c1-5(11)6-3-2-4-7(9)8(6)10/h2-5H,11H2,1H3/t5-/m1/s1. The van der Waals surface area contributed by atoms with Crippen molar-refractivity contribution in [3.63, 3.8) is 0 Å². The van der Waals surface area contributed by atoms with E-state index in [1.54, 1.807) is 0 Å². The van der Waals surface area contributed by atoms with Gasteiger partial charge in [-0.3, -0.25) is 0 Å². The normalized spacial score (nSPS) is 13.1. The van der Waals surface area contributed by atoms with Crippen LogP contribution >= 0.6 is 27.5 Å². The highest BCUT2D eigenvalue weighted by Crippen LogP contribution is 2.28. The molecule has 1 atom stereocenters. The third kappa shape index (κ3) is 1.95. The molecule has 0 aliphatic carbocycles. The van der Waals surface area contributed by atoms with Crippen LogP contribution in [0.4, 0.5) is 0 Å². The third-order valence-electron chi connectivity index (χ3n) is 1.47. The predicted octanol–water partition coefficient (Wildman–Crippen LogP) is 3.12. The molecule has 0 unspecified atom stereocenters. The zero-order valence-corrected chi connectivity index (χ0v) is 8.48. The average Bonchev–Trinajstić information content (AvgIpc) is 1.94. The monoisotopic (exact) mass is 233 g/mol. The molecule has 0 bridgehead atoms. The van der Waals surface area contributed by atoms with Crippen molar-refractivity contribution in [1.82, 2.24) is 0 Å². The second-order valence-corrected chi connectivity index (χ2v) is 3.66. The van der Waals surface area contributed by atoms with Gasteiger partial charge in [-0.1, -0.05) is 23.7 Å². The first-order chi connectivity index (χ1) is 5.13. The average molecular weight is 235 g/mol. The Kier molecular flexibility index (Phi) is 2.93. The molecule has 1 nitrogen and oxygen atoms in total. The van der Waals surface area contributed by atoms with Crippen LogP contribution in [0, 0.1) is 0 Å². The molecule has 0 amide bonds. The van der Waals surface area contributed by atoms with Crippen LogP contribution < -0.4 is 5.73 Å². The van der Waals surface area contributed by atoms with Crippen LogP contribution in [0.1, 0.15) is 18.5 Å². The van der Waals surface area contributed by atoms with Crippen molar-refractivity contribution in [3.05, 3.63) is 33.3 Å². The van der Waals surface area contributed by atoms with Crippen molar-refractivity contribution in [2.45, 2.75) is 13.0 Å². The minimum atomic E-state index is -0.0139. The van der Waals surface area contributed by atoms with E-state index in [1.807, 2.05) is 25.1 Å². The molecule has 3 heteroatoms. The summed E-state index contributed by atoms with van der Waals surface area (Å²) in [7, 11) is 0. The Morgan fingerprint density at radius 2 is 2.18 bits per heavy atom. The van der Waals surface area contributed by atoms with Gasteiger partial charge in [0.2, 0.25) is 0 Å². The van der Waals surface area contributed by atoms with Crippen LogP contribution in [0.5, 0.6) is 0 Å². The molecule has 1 aromatic carbocycles. The van der Waals surface area contributed by atoms with Gasteiger partial charge in [-0.05, 0) is 34.5 Å². The Labute approximate surface area is 79.7 Å². The Balaban J connectivity index is 3.17. The molecule has 60 valence electrons. The zero-order valence-electron chi connectivity index (χ0n) is 6.14. The van der Waals surface area contributed by atoms with E-state index in [0.29, 0.717) is 5.02 Å². The van der Waals surface area contributed by atoms with Gasteiger partial charge >= 0.3 is 0 Å². The fraction of sp³-hybridized carbons (Fsp3) is 0.250. The lowest BCUT2D eigenvalue weighted by Crippen LogP contribution is -2.05. The van der Waals surface area contributed by atoms with Crippen LogP contribution in [-0.4, -0.2) is 0 Å². The molecule has 0 saturated carbocycles. The second-order valence-electron chi connectivity index (χ2n) is 2.43. The van der Waals surface area contributed by atoms with Gasteiger partial charge in [-0.25, -0.2) is 0 Å². The number of halogens is 2. The summed E-state index contributed by atoms with van der Waals surface area (Å²) < 4.78 is 0.897. The molecule has 1 aromatic rings. The van der Waals surface area contributed by atoms with Crippen molar-refractivity contribution in [3.8, 4) is 0 Å². The third-order valence-corrected chi connectivity index (χ3v) is 2.78. The van der Waals surface area contributed by atoms with E-state index in [-0.39, 0.29) is 6.04 Å². The van der Waals surface area contributed by atoms with E-state index >= 15 is 0 Å². The largest absolute Gasteiger partial charge is 0.324 e. The molecule has 0 aromatic heterocycles. The van der Waals surface area contributed by atoms with Gasteiger partial charge in [0, 0.05) is 10.5 Å². The maximum absolute atomic E-state index is 5.96. The summed E-state index contributed by atoms with van der Waals surface area (Å²) in [5.74, 6) is 0. The molecular formula is C8H9BrClN. The highest BCUT2D eigenvalue weighted by Gasteiger charge is 2.06. The predicted molar refractivity (Wildman–Crippen MR) is 51.8 cm³/mol. The molecule has 11 heavy (non-hydrogen) atoms. The van der Waals surface area contributed by atoms with E-state index in [9.17, 15) is 0 Å². The number of hydrogen-bond donors (Lipinski definition) is 1. The second kappa shape index (κ2) is 3.57. The van der Waals surface area contributed by atoms with E-state index in [2.05, 4.69) is 15.9 Å².